The van der Waals surface area contributed by atoms with Crippen molar-refractivity contribution < 1.29 is 23.8 Å². The number of nitrogens with one attached hydrogen (secondary N) is 1. The number of aryl methyl sites for hydroxylation is 2. The van der Waals surface area contributed by atoms with E-state index in [9.17, 15) is 9.59 Å². The summed E-state index contributed by atoms with van der Waals surface area (Å²) >= 11 is 1.62. The molecule has 0 aliphatic carbocycles. The molecule has 0 fully saturated rings. The topological polar surface area (TPSA) is 90.0 Å². The second kappa shape index (κ2) is 9.95. The Hall–Kier alpha value is -3.59. The molecular formula is C26H29N3O5S. The Morgan fingerprint density at radius 2 is 1.91 bits per heavy atom. The Balaban J connectivity index is 1.68. The molecule has 4 rings (SSSR count). The van der Waals surface area contributed by atoms with Gasteiger partial charge in [-0.1, -0.05) is 6.92 Å². The van der Waals surface area contributed by atoms with Crippen molar-refractivity contribution in [3.8, 4) is 28.5 Å². The molecule has 9 heteroatoms. The monoisotopic (exact) mass is 495 g/mol. The van der Waals surface area contributed by atoms with E-state index < -0.39 is 12.1 Å². The van der Waals surface area contributed by atoms with Crippen molar-refractivity contribution in [2.45, 2.75) is 46.3 Å². The number of rotatable bonds is 7. The molecule has 0 spiro atoms. The van der Waals surface area contributed by atoms with Crippen molar-refractivity contribution in [3.63, 3.8) is 0 Å². The fourth-order valence-corrected chi connectivity index (χ4v) is 5.00. The Bertz CT molecular complexity index is 1270. The van der Waals surface area contributed by atoms with Gasteiger partial charge in [-0.3, -0.25) is 14.5 Å². The van der Waals surface area contributed by atoms with Gasteiger partial charge in [-0.2, -0.15) is 0 Å². The van der Waals surface area contributed by atoms with Crippen LogP contribution in [0.25, 0.3) is 11.3 Å². The molecule has 35 heavy (non-hydrogen) atoms. The molecule has 1 aliphatic heterocycles. The van der Waals surface area contributed by atoms with E-state index in [1.54, 1.807) is 43.6 Å². The normalized spacial score (nSPS) is 15.8. The molecule has 2 aromatic carbocycles. The zero-order valence-corrected chi connectivity index (χ0v) is 21.5. The number of carbonyl (C=O) groups is 2. The molecule has 8 nitrogen and oxygen atoms in total. The van der Waals surface area contributed by atoms with E-state index >= 15 is 0 Å². The third-order valence-electron chi connectivity index (χ3n) is 5.97. The first kappa shape index (κ1) is 24.5. The lowest BCUT2D eigenvalue weighted by Gasteiger charge is -2.37. The smallest absolute Gasteiger partial charge is 0.268 e. The van der Waals surface area contributed by atoms with Crippen LogP contribution in [-0.2, 0) is 9.59 Å². The van der Waals surface area contributed by atoms with E-state index in [1.807, 2.05) is 39.0 Å². The molecule has 184 valence electrons. The van der Waals surface area contributed by atoms with Crippen molar-refractivity contribution in [1.29, 1.82) is 0 Å². The molecule has 1 aliphatic rings. The minimum Gasteiger partial charge on any atom is -0.493 e. The lowest BCUT2D eigenvalue weighted by molar-refractivity contribution is -0.129. The molecule has 2 atom stereocenters. The molecule has 2 unspecified atom stereocenters. The van der Waals surface area contributed by atoms with Crippen molar-refractivity contribution in [3.05, 3.63) is 46.3 Å². The van der Waals surface area contributed by atoms with Gasteiger partial charge in [0.25, 0.3) is 5.91 Å². The number of anilines is 2. The van der Waals surface area contributed by atoms with Gasteiger partial charge >= 0.3 is 0 Å². The Labute approximate surface area is 208 Å². The lowest BCUT2D eigenvalue weighted by Crippen LogP contribution is -2.53. The van der Waals surface area contributed by atoms with E-state index in [0.717, 1.165) is 21.1 Å². The molecule has 0 radical (unpaired) electrons. The number of hydrogen-bond acceptors (Lipinski definition) is 7. The molecule has 1 N–H and O–H groups in total. The summed E-state index contributed by atoms with van der Waals surface area (Å²) in [6, 6.07) is 9.99. The maximum atomic E-state index is 13.4. The highest BCUT2D eigenvalue weighted by molar-refractivity contribution is 7.11. The van der Waals surface area contributed by atoms with E-state index in [2.05, 4.69) is 10.3 Å². The van der Waals surface area contributed by atoms with Crippen LogP contribution in [0.3, 0.4) is 0 Å². The van der Waals surface area contributed by atoms with Crippen LogP contribution >= 0.6 is 11.3 Å². The van der Waals surface area contributed by atoms with Crippen LogP contribution in [0.1, 0.15) is 30.2 Å². The van der Waals surface area contributed by atoms with Crippen LogP contribution in [0.4, 0.5) is 11.4 Å². The number of nitrogens with zero attached hydrogens (tertiary/aromatic N) is 2. The standard InChI is InChI=1S/C26H29N3O5S/c1-7-20-26(31)29(14(2)25(30)28-18-9-11-22(32-5)23(13-18)33-6)19-12-17(8-10-21(19)34-20)24-15(3)35-16(4)27-24/h8-14,20H,7H2,1-6H3,(H,28,30). The van der Waals surface area contributed by atoms with E-state index in [0.29, 0.717) is 35.0 Å². The number of hydrogen-bond donors (Lipinski definition) is 1. The number of methoxy groups -OCH3 is 2. The molecule has 0 saturated heterocycles. The predicted octanol–water partition coefficient (Wildman–Crippen LogP) is 4.98. The zero-order valence-electron chi connectivity index (χ0n) is 20.7. The van der Waals surface area contributed by atoms with Gasteiger partial charge in [0.15, 0.2) is 17.6 Å². The molecule has 1 aromatic heterocycles. The largest absolute Gasteiger partial charge is 0.493 e. The summed E-state index contributed by atoms with van der Waals surface area (Å²) in [5.41, 5.74) is 2.82. The first-order chi connectivity index (χ1) is 16.8. The van der Waals surface area contributed by atoms with Crippen molar-refractivity contribution in [1.82, 2.24) is 4.98 Å². The number of fused-ring (bicyclic) bond motifs is 1. The summed E-state index contributed by atoms with van der Waals surface area (Å²) in [5.74, 6) is 1.03. The number of thiazole rings is 1. The van der Waals surface area contributed by atoms with Gasteiger partial charge < -0.3 is 19.5 Å². The van der Waals surface area contributed by atoms with Crippen LogP contribution in [0, 0.1) is 13.8 Å². The van der Waals surface area contributed by atoms with Crippen molar-refractivity contribution in [2.75, 3.05) is 24.4 Å². The Kier molecular flexibility index (Phi) is 6.98. The van der Waals surface area contributed by atoms with Gasteiger partial charge in [0, 0.05) is 22.2 Å². The molecular weight excluding hydrogens is 466 g/mol. The third-order valence-corrected chi connectivity index (χ3v) is 6.85. The minimum absolute atomic E-state index is 0.252. The van der Waals surface area contributed by atoms with Crippen LogP contribution in [0.2, 0.25) is 0 Å². The first-order valence-electron chi connectivity index (χ1n) is 11.4. The second-order valence-electron chi connectivity index (χ2n) is 8.28. The summed E-state index contributed by atoms with van der Waals surface area (Å²) in [4.78, 5) is 33.9. The van der Waals surface area contributed by atoms with Crippen LogP contribution < -0.4 is 24.4 Å². The summed E-state index contributed by atoms with van der Waals surface area (Å²) in [5, 5.41) is 3.85. The number of amides is 2. The highest BCUT2D eigenvalue weighted by Crippen LogP contribution is 2.40. The van der Waals surface area contributed by atoms with Crippen molar-refractivity contribution in [2.24, 2.45) is 0 Å². The summed E-state index contributed by atoms with van der Waals surface area (Å²) in [7, 11) is 3.08. The van der Waals surface area contributed by atoms with Gasteiger partial charge in [0.2, 0.25) is 5.91 Å². The van der Waals surface area contributed by atoms with Crippen LogP contribution in [0.15, 0.2) is 36.4 Å². The predicted molar refractivity (Wildman–Crippen MR) is 137 cm³/mol. The highest BCUT2D eigenvalue weighted by Gasteiger charge is 2.39. The average Bonchev–Trinajstić information content (AvgIpc) is 3.20. The third kappa shape index (κ3) is 4.68. The van der Waals surface area contributed by atoms with Crippen LogP contribution in [-0.4, -0.2) is 43.2 Å². The maximum absolute atomic E-state index is 13.4. The zero-order chi connectivity index (χ0) is 25.3. The Morgan fingerprint density at radius 3 is 2.54 bits per heavy atom. The second-order valence-corrected chi connectivity index (χ2v) is 9.69. The number of ether oxygens (including phenoxy) is 3. The molecule has 3 aromatic rings. The lowest BCUT2D eigenvalue weighted by atomic mass is 10.0. The van der Waals surface area contributed by atoms with Gasteiger partial charge in [-0.05, 0) is 57.5 Å². The van der Waals surface area contributed by atoms with Gasteiger partial charge in [-0.25, -0.2) is 4.98 Å². The minimum atomic E-state index is -0.791. The fourth-order valence-electron chi connectivity index (χ4n) is 4.16. The van der Waals surface area contributed by atoms with Gasteiger partial charge in [-0.15, -0.1) is 11.3 Å². The summed E-state index contributed by atoms with van der Waals surface area (Å²) < 4.78 is 16.6. The number of benzene rings is 2. The number of carbonyl (C=O) groups excluding carboxylic acids is 2. The van der Waals surface area contributed by atoms with Gasteiger partial charge in [0.05, 0.1) is 30.6 Å². The molecule has 2 heterocycles. The maximum Gasteiger partial charge on any atom is 0.268 e. The fraction of sp³-hybridized carbons (Fsp3) is 0.346. The first-order valence-corrected chi connectivity index (χ1v) is 12.2. The van der Waals surface area contributed by atoms with E-state index in [1.165, 1.54) is 12.0 Å². The average molecular weight is 496 g/mol. The SMILES string of the molecule is CCC1Oc2ccc(-c3nc(C)sc3C)cc2N(C(C)C(=O)Nc2ccc(OC)c(OC)c2)C1=O. The molecule has 0 saturated carbocycles. The summed E-state index contributed by atoms with van der Waals surface area (Å²) in [6.45, 7) is 7.58. The molecule has 2 amide bonds. The quantitative estimate of drug-likeness (QED) is 0.498. The number of aromatic nitrogens is 1. The van der Waals surface area contributed by atoms with E-state index in [4.69, 9.17) is 14.2 Å². The van der Waals surface area contributed by atoms with Crippen molar-refractivity contribution >= 4 is 34.5 Å². The Morgan fingerprint density at radius 1 is 1.17 bits per heavy atom. The molecule has 0 bridgehead atoms. The highest BCUT2D eigenvalue weighted by atomic mass is 32.1. The van der Waals surface area contributed by atoms with Crippen LogP contribution in [0.5, 0.6) is 17.2 Å². The summed E-state index contributed by atoms with van der Waals surface area (Å²) in [6.07, 6.45) is -0.168. The van der Waals surface area contributed by atoms with E-state index in [-0.39, 0.29) is 11.8 Å². The van der Waals surface area contributed by atoms with Gasteiger partial charge in [0.1, 0.15) is 11.8 Å².